The van der Waals surface area contributed by atoms with E-state index in [1.165, 1.54) is 0 Å². The monoisotopic (exact) mass is 158 g/mol. The van der Waals surface area contributed by atoms with Crippen molar-refractivity contribution < 1.29 is 15.0 Å². The molecule has 0 aliphatic heterocycles. The van der Waals surface area contributed by atoms with Crippen molar-refractivity contribution in [3.05, 3.63) is 0 Å². The Balaban J connectivity index is 0. The third-order valence-electron chi connectivity index (χ3n) is 0.999. The van der Waals surface area contributed by atoms with Crippen molar-refractivity contribution in [2.24, 2.45) is 0 Å². The molecular formula is C8H14O3. The van der Waals surface area contributed by atoms with E-state index in [0.717, 1.165) is 6.92 Å². The highest BCUT2D eigenvalue weighted by Crippen LogP contribution is 2.03. The fourth-order valence-corrected chi connectivity index (χ4v) is 0.102. The van der Waals surface area contributed by atoms with Gasteiger partial charge in [-0.05, 0) is 13.3 Å². The van der Waals surface area contributed by atoms with Gasteiger partial charge >= 0.3 is 0 Å². The Kier molecular flexibility index (Phi) is 6.61. The van der Waals surface area contributed by atoms with Gasteiger partial charge in [-0.25, -0.2) is 0 Å². The lowest BCUT2D eigenvalue weighted by Gasteiger charge is -2.10. The average molecular weight is 158 g/mol. The molecule has 0 bridgehead atoms. The van der Waals surface area contributed by atoms with Gasteiger partial charge in [-0.1, -0.05) is 12.8 Å². The standard InChI is InChI=1S/C6H10O.C2H4O2/c1-4-6(3,7)5-2;1-2(3)4/h1,7H,5H2,2-3H3;1H3,(H,3,4). The zero-order valence-electron chi connectivity index (χ0n) is 7.09. The molecule has 3 heteroatoms. The van der Waals surface area contributed by atoms with Gasteiger partial charge in [0.25, 0.3) is 5.97 Å². The van der Waals surface area contributed by atoms with Crippen molar-refractivity contribution in [3.8, 4) is 12.3 Å². The number of aliphatic hydroxyl groups is 1. The normalized spacial score (nSPS) is 13.4. The van der Waals surface area contributed by atoms with E-state index in [1.807, 2.05) is 6.92 Å². The summed E-state index contributed by atoms with van der Waals surface area (Å²) in [6, 6.07) is 0. The van der Waals surface area contributed by atoms with E-state index in [0.29, 0.717) is 6.42 Å². The van der Waals surface area contributed by atoms with Crippen LogP contribution in [-0.4, -0.2) is 21.8 Å². The second-order valence-electron chi connectivity index (χ2n) is 2.29. The molecule has 0 fully saturated rings. The second kappa shape index (κ2) is 5.75. The van der Waals surface area contributed by atoms with Crippen LogP contribution >= 0.6 is 0 Å². The molecule has 0 aromatic heterocycles. The fourth-order valence-electron chi connectivity index (χ4n) is 0.102. The van der Waals surface area contributed by atoms with Crippen molar-refractivity contribution in [1.82, 2.24) is 0 Å². The predicted molar refractivity (Wildman–Crippen MR) is 43.1 cm³/mol. The SMILES string of the molecule is C#CC(C)(O)CC.CC(=O)O. The molecule has 64 valence electrons. The summed E-state index contributed by atoms with van der Waals surface area (Å²) in [7, 11) is 0. The highest BCUT2D eigenvalue weighted by molar-refractivity contribution is 5.62. The number of terminal acetylenes is 1. The first kappa shape index (κ1) is 12.6. The van der Waals surface area contributed by atoms with E-state index in [4.69, 9.17) is 21.4 Å². The van der Waals surface area contributed by atoms with Crippen LogP contribution in [0.5, 0.6) is 0 Å². The van der Waals surface area contributed by atoms with Gasteiger partial charge in [0.2, 0.25) is 0 Å². The highest BCUT2D eigenvalue weighted by atomic mass is 16.4. The summed E-state index contributed by atoms with van der Waals surface area (Å²) in [4.78, 5) is 9.00. The first-order valence-electron chi connectivity index (χ1n) is 3.25. The Morgan fingerprint density at radius 1 is 1.73 bits per heavy atom. The van der Waals surface area contributed by atoms with Crippen molar-refractivity contribution in [2.45, 2.75) is 32.8 Å². The maximum atomic E-state index is 9.00. The summed E-state index contributed by atoms with van der Waals surface area (Å²) in [6.45, 7) is 4.55. The molecule has 11 heavy (non-hydrogen) atoms. The van der Waals surface area contributed by atoms with Crippen LogP contribution < -0.4 is 0 Å². The van der Waals surface area contributed by atoms with Crippen LogP contribution in [0, 0.1) is 12.3 Å². The molecule has 0 aliphatic rings. The summed E-state index contributed by atoms with van der Waals surface area (Å²) in [5.41, 5.74) is -0.889. The minimum Gasteiger partial charge on any atom is -0.481 e. The van der Waals surface area contributed by atoms with E-state index >= 15 is 0 Å². The zero-order chi connectivity index (χ0) is 9.49. The zero-order valence-corrected chi connectivity index (χ0v) is 7.09. The van der Waals surface area contributed by atoms with E-state index < -0.39 is 11.6 Å². The number of rotatable bonds is 1. The number of hydrogen-bond acceptors (Lipinski definition) is 2. The summed E-state index contributed by atoms with van der Waals surface area (Å²) in [5, 5.41) is 16.3. The molecule has 0 rings (SSSR count). The lowest BCUT2D eigenvalue weighted by molar-refractivity contribution is -0.134. The lowest BCUT2D eigenvalue weighted by atomic mass is 10.1. The number of hydrogen-bond donors (Lipinski definition) is 2. The van der Waals surface area contributed by atoms with E-state index in [1.54, 1.807) is 6.92 Å². The second-order valence-corrected chi connectivity index (χ2v) is 2.29. The molecule has 0 saturated carbocycles. The molecule has 1 unspecified atom stereocenters. The minimum atomic E-state index is -0.889. The predicted octanol–water partition coefficient (Wildman–Crippen LogP) is 0.871. The molecule has 3 nitrogen and oxygen atoms in total. The maximum Gasteiger partial charge on any atom is 0.300 e. The number of aliphatic carboxylic acids is 1. The Morgan fingerprint density at radius 3 is 2.00 bits per heavy atom. The molecule has 0 aromatic rings. The summed E-state index contributed by atoms with van der Waals surface area (Å²) in [6.07, 6.45) is 5.53. The number of carboxylic acids is 1. The van der Waals surface area contributed by atoms with Gasteiger partial charge in [-0.3, -0.25) is 4.79 Å². The third-order valence-corrected chi connectivity index (χ3v) is 0.999. The highest BCUT2D eigenvalue weighted by Gasteiger charge is 2.10. The maximum absolute atomic E-state index is 9.00. The molecule has 0 amide bonds. The van der Waals surface area contributed by atoms with Gasteiger partial charge in [0.05, 0.1) is 0 Å². The van der Waals surface area contributed by atoms with Gasteiger partial charge < -0.3 is 10.2 Å². The molecule has 0 spiro atoms. The topological polar surface area (TPSA) is 57.5 Å². The summed E-state index contributed by atoms with van der Waals surface area (Å²) in [5.74, 6) is 1.41. The smallest absolute Gasteiger partial charge is 0.300 e. The minimum absolute atomic E-state index is 0.615. The first-order valence-corrected chi connectivity index (χ1v) is 3.25. The van der Waals surface area contributed by atoms with Crippen molar-refractivity contribution in [1.29, 1.82) is 0 Å². The molecule has 0 saturated heterocycles. The summed E-state index contributed by atoms with van der Waals surface area (Å²) < 4.78 is 0. The van der Waals surface area contributed by atoms with Gasteiger partial charge in [0.1, 0.15) is 5.60 Å². The van der Waals surface area contributed by atoms with Crippen LogP contribution in [0.1, 0.15) is 27.2 Å². The van der Waals surface area contributed by atoms with Crippen molar-refractivity contribution >= 4 is 5.97 Å². The number of carbonyl (C=O) groups is 1. The molecule has 0 heterocycles. The van der Waals surface area contributed by atoms with Crippen LogP contribution in [0.3, 0.4) is 0 Å². The van der Waals surface area contributed by atoms with Crippen LogP contribution in [0.4, 0.5) is 0 Å². The van der Waals surface area contributed by atoms with Crippen LogP contribution in [0.2, 0.25) is 0 Å². The average Bonchev–Trinajstić information content (AvgIpc) is 1.87. The molecule has 2 N–H and O–H groups in total. The van der Waals surface area contributed by atoms with E-state index in [9.17, 15) is 0 Å². The first-order chi connectivity index (χ1) is 4.85. The van der Waals surface area contributed by atoms with Crippen molar-refractivity contribution in [3.63, 3.8) is 0 Å². The molecule has 0 aromatic carbocycles. The van der Waals surface area contributed by atoms with Crippen molar-refractivity contribution in [2.75, 3.05) is 0 Å². The van der Waals surface area contributed by atoms with Crippen LogP contribution in [0.25, 0.3) is 0 Å². The van der Waals surface area contributed by atoms with Gasteiger partial charge in [-0.15, -0.1) is 6.42 Å². The third kappa shape index (κ3) is 17.6. The molecular weight excluding hydrogens is 144 g/mol. The molecule has 0 radical (unpaired) electrons. The molecule has 1 atom stereocenters. The Hall–Kier alpha value is -1.01. The Labute approximate surface area is 67.0 Å². The lowest BCUT2D eigenvalue weighted by Crippen LogP contribution is -2.18. The molecule has 0 aliphatic carbocycles. The fraction of sp³-hybridized carbons (Fsp3) is 0.625. The van der Waals surface area contributed by atoms with Gasteiger partial charge in [0.15, 0.2) is 0 Å². The van der Waals surface area contributed by atoms with Gasteiger partial charge in [-0.2, -0.15) is 0 Å². The number of carboxylic acid groups (broad SMARTS) is 1. The Morgan fingerprint density at radius 2 is 2.00 bits per heavy atom. The van der Waals surface area contributed by atoms with E-state index in [-0.39, 0.29) is 0 Å². The quantitative estimate of drug-likeness (QED) is 0.557. The van der Waals surface area contributed by atoms with Crippen LogP contribution in [-0.2, 0) is 4.79 Å². The largest absolute Gasteiger partial charge is 0.481 e. The van der Waals surface area contributed by atoms with Crippen LogP contribution in [0.15, 0.2) is 0 Å². The van der Waals surface area contributed by atoms with E-state index in [2.05, 4.69) is 5.92 Å². The Bertz CT molecular complexity index is 149. The summed E-state index contributed by atoms with van der Waals surface area (Å²) >= 11 is 0. The van der Waals surface area contributed by atoms with Gasteiger partial charge in [0, 0.05) is 6.92 Å².